The predicted molar refractivity (Wildman–Crippen MR) is 82.4 cm³/mol. The summed E-state index contributed by atoms with van der Waals surface area (Å²) in [6.07, 6.45) is 0.477. The smallest absolute Gasteiger partial charge is 0.119 e. The van der Waals surface area contributed by atoms with E-state index in [1.165, 1.54) is 0 Å². The minimum absolute atomic E-state index is 0.223. The van der Waals surface area contributed by atoms with E-state index in [2.05, 4.69) is 12.2 Å². The zero-order valence-corrected chi connectivity index (χ0v) is 13.0. The van der Waals surface area contributed by atoms with E-state index < -0.39 is 6.10 Å². The third-order valence-corrected chi connectivity index (χ3v) is 2.58. The number of nitrogens with one attached hydrogen (secondary N) is 1. The highest BCUT2D eigenvalue weighted by Crippen LogP contribution is 2.16. The molecule has 1 aromatic rings. The van der Waals surface area contributed by atoms with Gasteiger partial charge < -0.3 is 19.9 Å². The quantitative estimate of drug-likeness (QED) is 0.769. The molecular formula is C16H27NO3. The van der Waals surface area contributed by atoms with Crippen molar-refractivity contribution in [3.05, 3.63) is 24.3 Å². The van der Waals surface area contributed by atoms with Crippen molar-refractivity contribution in [3.8, 4) is 5.75 Å². The van der Waals surface area contributed by atoms with Crippen LogP contribution in [0.3, 0.4) is 0 Å². The lowest BCUT2D eigenvalue weighted by molar-refractivity contribution is -0.0449. The number of rotatable bonds is 8. The van der Waals surface area contributed by atoms with E-state index in [1.54, 1.807) is 0 Å². The van der Waals surface area contributed by atoms with Crippen molar-refractivity contribution in [1.82, 2.24) is 0 Å². The Labute approximate surface area is 122 Å². The average Bonchev–Trinajstić information content (AvgIpc) is 2.41. The van der Waals surface area contributed by atoms with Gasteiger partial charge in [-0.3, -0.25) is 0 Å². The van der Waals surface area contributed by atoms with Gasteiger partial charge in [0.25, 0.3) is 0 Å². The standard InChI is InChI=1S/C16H27NO3/c1-5-10-19-15-8-6-13(7-9-15)17-11-14(18)12-20-16(2,3)4/h6-9,14,17-18H,5,10-12H2,1-4H3. The SMILES string of the molecule is CCCOc1ccc(NCC(O)COC(C)(C)C)cc1. The molecule has 4 heteroatoms. The van der Waals surface area contributed by atoms with Gasteiger partial charge in [0.1, 0.15) is 5.75 Å². The second-order valence-corrected chi connectivity index (χ2v) is 5.83. The van der Waals surface area contributed by atoms with Crippen LogP contribution in [0.1, 0.15) is 34.1 Å². The van der Waals surface area contributed by atoms with E-state index in [4.69, 9.17) is 9.47 Å². The summed E-state index contributed by atoms with van der Waals surface area (Å²) in [5.41, 5.74) is 0.739. The molecule has 0 amide bonds. The summed E-state index contributed by atoms with van der Waals surface area (Å²) in [4.78, 5) is 0. The van der Waals surface area contributed by atoms with Crippen LogP contribution in [0.5, 0.6) is 5.75 Å². The Morgan fingerprint density at radius 2 is 1.85 bits per heavy atom. The van der Waals surface area contributed by atoms with Gasteiger partial charge in [0, 0.05) is 12.2 Å². The van der Waals surface area contributed by atoms with Crippen LogP contribution in [0.4, 0.5) is 5.69 Å². The summed E-state index contributed by atoms with van der Waals surface area (Å²) < 4.78 is 11.0. The number of aliphatic hydroxyl groups is 1. The number of ether oxygens (including phenoxy) is 2. The second kappa shape index (κ2) is 8.12. The average molecular weight is 281 g/mol. The molecule has 4 nitrogen and oxygen atoms in total. The van der Waals surface area contributed by atoms with Gasteiger partial charge in [-0.05, 0) is 51.5 Å². The Morgan fingerprint density at radius 3 is 2.40 bits per heavy atom. The topological polar surface area (TPSA) is 50.7 Å². The molecule has 0 bridgehead atoms. The van der Waals surface area contributed by atoms with Crippen LogP contribution in [0.2, 0.25) is 0 Å². The summed E-state index contributed by atoms with van der Waals surface area (Å²) in [5, 5.41) is 13.0. The molecule has 1 unspecified atom stereocenters. The maximum atomic E-state index is 9.83. The van der Waals surface area contributed by atoms with E-state index >= 15 is 0 Å². The predicted octanol–water partition coefficient (Wildman–Crippen LogP) is 3.06. The summed E-state index contributed by atoms with van der Waals surface area (Å²) in [6.45, 7) is 9.53. The summed E-state index contributed by atoms with van der Waals surface area (Å²) in [5.74, 6) is 0.869. The van der Waals surface area contributed by atoms with Crippen molar-refractivity contribution >= 4 is 5.69 Å². The first-order chi connectivity index (χ1) is 9.40. The fourth-order valence-corrected chi connectivity index (χ4v) is 1.53. The Kier molecular flexibility index (Phi) is 6.82. The molecule has 1 atom stereocenters. The molecule has 0 spiro atoms. The lowest BCUT2D eigenvalue weighted by Gasteiger charge is -2.22. The molecular weight excluding hydrogens is 254 g/mol. The van der Waals surface area contributed by atoms with Crippen LogP contribution in [0, 0.1) is 0 Å². The van der Waals surface area contributed by atoms with Gasteiger partial charge in [-0.25, -0.2) is 0 Å². The number of aliphatic hydroxyl groups excluding tert-OH is 1. The molecule has 0 aliphatic heterocycles. The third kappa shape index (κ3) is 7.36. The van der Waals surface area contributed by atoms with E-state index in [-0.39, 0.29) is 5.60 Å². The normalized spacial score (nSPS) is 13.1. The highest BCUT2D eigenvalue weighted by Gasteiger charge is 2.13. The zero-order chi connectivity index (χ0) is 15.0. The molecule has 1 aromatic carbocycles. The Morgan fingerprint density at radius 1 is 1.20 bits per heavy atom. The van der Waals surface area contributed by atoms with Crippen LogP contribution in [-0.4, -0.2) is 36.6 Å². The van der Waals surface area contributed by atoms with Gasteiger partial charge >= 0.3 is 0 Å². The lowest BCUT2D eigenvalue weighted by Crippen LogP contribution is -2.30. The van der Waals surface area contributed by atoms with Crippen LogP contribution in [-0.2, 0) is 4.74 Å². The van der Waals surface area contributed by atoms with Crippen molar-refractivity contribution in [2.75, 3.05) is 25.1 Å². The van der Waals surface area contributed by atoms with Crippen LogP contribution in [0.15, 0.2) is 24.3 Å². The van der Waals surface area contributed by atoms with Crippen molar-refractivity contribution in [2.45, 2.75) is 45.8 Å². The fourth-order valence-electron chi connectivity index (χ4n) is 1.53. The first-order valence-electron chi connectivity index (χ1n) is 7.19. The van der Waals surface area contributed by atoms with Crippen LogP contribution < -0.4 is 10.1 Å². The number of anilines is 1. The third-order valence-electron chi connectivity index (χ3n) is 2.58. The maximum absolute atomic E-state index is 9.83. The van der Waals surface area contributed by atoms with Gasteiger partial charge in [0.05, 0.1) is 24.9 Å². The molecule has 0 heterocycles. The largest absolute Gasteiger partial charge is 0.494 e. The van der Waals surface area contributed by atoms with E-state index in [0.717, 1.165) is 24.5 Å². The minimum atomic E-state index is -0.523. The maximum Gasteiger partial charge on any atom is 0.119 e. The molecule has 0 saturated carbocycles. The van der Waals surface area contributed by atoms with Crippen LogP contribution in [0.25, 0.3) is 0 Å². The minimum Gasteiger partial charge on any atom is -0.494 e. The lowest BCUT2D eigenvalue weighted by atomic mass is 10.2. The van der Waals surface area contributed by atoms with Crippen molar-refractivity contribution < 1.29 is 14.6 Å². The first-order valence-corrected chi connectivity index (χ1v) is 7.19. The van der Waals surface area contributed by atoms with E-state index in [9.17, 15) is 5.11 Å². The van der Waals surface area contributed by atoms with E-state index in [0.29, 0.717) is 13.2 Å². The number of hydrogen-bond donors (Lipinski definition) is 2. The zero-order valence-electron chi connectivity index (χ0n) is 13.0. The Bertz CT molecular complexity index is 370. The monoisotopic (exact) mass is 281 g/mol. The van der Waals surface area contributed by atoms with Gasteiger partial charge in [0.15, 0.2) is 0 Å². The molecule has 2 N–H and O–H groups in total. The summed E-state index contributed by atoms with van der Waals surface area (Å²) in [6, 6.07) is 7.75. The van der Waals surface area contributed by atoms with Gasteiger partial charge in [-0.15, -0.1) is 0 Å². The second-order valence-electron chi connectivity index (χ2n) is 5.83. The van der Waals surface area contributed by atoms with Crippen molar-refractivity contribution in [3.63, 3.8) is 0 Å². The molecule has 0 aromatic heterocycles. The van der Waals surface area contributed by atoms with Gasteiger partial charge in [-0.2, -0.15) is 0 Å². The van der Waals surface area contributed by atoms with Crippen molar-refractivity contribution in [1.29, 1.82) is 0 Å². The molecule has 1 rings (SSSR count). The highest BCUT2D eigenvalue weighted by molar-refractivity contribution is 5.46. The molecule has 0 aliphatic carbocycles. The fraction of sp³-hybridized carbons (Fsp3) is 0.625. The number of hydrogen-bond acceptors (Lipinski definition) is 4. The molecule has 0 radical (unpaired) electrons. The Balaban J connectivity index is 2.30. The highest BCUT2D eigenvalue weighted by atomic mass is 16.5. The Hall–Kier alpha value is -1.26. The first kappa shape index (κ1) is 16.8. The molecule has 20 heavy (non-hydrogen) atoms. The van der Waals surface area contributed by atoms with Gasteiger partial charge in [0.2, 0.25) is 0 Å². The summed E-state index contributed by atoms with van der Waals surface area (Å²) in [7, 11) is 0. The van der Waals surface area contributed by atoms with E-state index in [1.807, 2.05) is 45.0 Å². The van der Waals surface area contributed by atoms with Crippen LogP contribution >= 0.6 is 0 Å². The molecule has 0 saturated heterocycles. The van der Waals surface area contributed by atoms with Crippen molar-refractivity contribution in [2.24, 2.45) is 0 Å². The molecule has 0 aliphatic rings. The molecule has 114 valence electrons. The summed E-state index contributed by atoms with van der Waals surface area (Å²) >= 11 is 0. The van der Waals surface area contributed by atoms with Gasteiger partial charge in [-0.1, -0.05) is 6.92 Å². The molecule has 0 fully saturated rings. The number of benzene rings is 1.